The summed E-state index contributed by atoms with van der Waals surface area (Å²) < 4.78 is 4.26. The van der Waals surface area contributed by atoms with Gasteiger partial charge >= 0.3 is 0 Å². The molecule has 2 aliphatic carbocycles. The minimum Gasteiger partial charge on any atom is -0.388 e. The van der Waals surface area contributed by atoms with Gasteiger partial charge in [0.25, 0.3) is 0 Å². The summed E-state index contributed by atoms with van der Waals surface area (Å²) in [6.45, 7) is 14.3. The Bertz CT molecular complexity index is 1830. The maximum absolute atomic E-state index is 12.4. The van der Waals surface area contributed by atoms with Crippen molar-refractivity contribution in [2.24, 2.45) is 10.8 Å². The number of aliphatic hydroxyl groups is 1. The molecule has 49 heavy (non-hydrogen) atoms. The molecule has 0 aliphatic heterocycles. The fourth-order valence-corrected chi connectivity index (χ4v) is 6.22. The number of hydrogen-bond donors (Lipinski definition) is 3. The number of hydrogen-bond acceptors (Lipinski definition) is 6. The largest absolute Gasteiger partial charge is 0.388 e. The van der Waals surface area contributed by atoms with Crippen molar-refractivity contribution in [2.45, 2.75) is 132 Å². The number of carbonyl (C=O) groups excluding carboxylic acids is 2. The van der Waals surface area contributed by atoms with E-state index in [-0.39, 0.29) is 30.1 Å². The molecule has 0 radical (unpaired) electrons. The first-order valence-corrected chi connectivity index (χ1v) is 17.4. The van der Waals surface area contributed by atoms with Crippen molar-refractivity contribution >= 4 is 45.8 Å². The first kappa shape index (κ1) is 37.6. The van der Waals surface area contributed by atoms with E-state index in [9.17, 15) is 14.7 Å². The van der Waals surface area contributed by atoms with Gasteiger partial charge in [-0.2, -0.15) is 5.26 Å². The van der Waals surface area contributed by atoms with E-state index in [4.69, 9.17) is 5.26 Å². The molecular weight excluding hydrogens is 614 g/mol. The number of amides is 2. The van der Waals surface area contributed by atoms with Gasteiger partial charge in [0.05, 0.1) is 39.8 Å². The lowest BCUT2D eigenvalue weighted by atomic mass is 9.92. The van der Waals surface area contributed by atoms with E-state index in [1.165, 1.54) is 12.8 Å². The number of benzene rings is 2. The predicted octanol–water partition coefficient (Wildman–Crippen LogP) is 9.22. The third kappa shape index (κ3) is 9.07. The van der Waals surface area contributed by atoms with E-state index >= 15 is 0 Å². The Balaban J connectivity index is 0.000000217. The molecule has 0 saturated heterocycles. The van der Waals surface area contributed by atoms with Gasteiger partial charge in [-0.05, 0) is 91.7 Å². The number of imidazole rings is 2. The fraction of sp³-hybridized carbons (Fsp3) is 0.564. The molecule has 264 valence electrons. The standard InChI is InChI=1S/C20H29N3O2.C18H22N4O.CH4/c1-5-17(24)13-9-10-15-16(11-13)23(14-7-6-8-14)19(21-15)22-18(25)12-20(2,3)4;1-18(2,3)10-16(23)21-17-20-14-8-7-12(11-19)9-15(14)22(17)13-5-4-6-13;/h9-11,14,17,24H,5-8,12H2,1-4H3,(H,21,22,25);7-9,13H,4-6,10H2,1-3H3,(H,20,21,23);1H4. The van der Waals surface area contributed by atoms with Crippen LogP contribution in [0.15, 0.2) is 36.4 Å². The molecule has 1 atom stereocenters. The van der Waals surface area contributed by atoms with E-state index in [0.717, 1.165) is 53.3 Å². The summed E-state index contributed by atoms with van der Waals surface area (Å²) in [5.74, 6) is 1.22. The summed E-state index contributed by atoms with van der Waals surface area (Å²) >= 11 is 0. The number of nitrogens with zero attached hydrogens (tertiary/aromatic N) is 5. The Morgan fingerprint density at radius 1 is 0.837 bits per heavy atom. The third-order valence-corrected chi connectivity index (χ3v) is 9.07. The van der Waals surface area contributed by atoms with Gasteiger partial charge in [0.1, 0.15) is 0 Å². The van der Waals surface area contributed by atoms with Gasteiger partial charge in [-0.1, -0.05) is 62.0 Å². The Kier molecular flexibility index (Phi) is 11.6. The molecule has 10 heteroatoms. The summed E-state index contributed by atoms with van der Waals surface area (Å²) in [7, 11) is 0. The fourth-order valence-electron chi connectivity index (χ4n) is 6.22. The molecule has 2 fully saturated rings. The quantitative estimate of drug-likeness (QED) is 0.171. The molecule has 10 nitrogen and oxygen atoms in total. The van der Waals surface area contributed by atoms with Crippen molar-refractivity contribution in [2.75, 3.05) is 10.6 Å². The Hall–Kier alpha value is -4.23. The maximum Gasteiger partial charge on any atom is 0.227 e. The second-order valence-corrected chi connectivity index (χ2v) is 15.8. The van der Waals surface area contributed by atoms with E-state index in [1.54, 1.807) is 6.07 Å². The minimum absolute atomic E-state index is 0. The SMILES string of the molecule is C.CC(C)(C)CC(=O)Nc1nc2ccc(C#N)cc2n1C1CCC1.CCC(O)c1ccc2nc(NC(=O)CC(C)(C)C)n(C3CCC3)c2c1. The van der Waals surface area contributed by atoms with Crippen LogP contribution in [0.25, 0.3) is 22.1 Å². The highest BCUT2D eigenvalue weighted by Gasteiger charge is 2.28. The van der Waals surface area contributed by atoms with Gasteiger partial charge in [0, 0.05) is 24.9 Å². The van der Waals surface area contributed by atoms with E-state index in [0.29, 0.717) is 48.8 Å². The first-order valence-electron chi connectivity index (χ1n) is 17.4. The highest BCUT2D eigenvalue weighted by atomic mass is 16.3. The lowest BCUT2D eigenvalue weighted by Gasteiger charge is -2.29. The van der Waals surface area contributed by atoms with Crippen molar-refractivity contribution in [1.29, 1.82) is 5.26 Å². The van der Waals surface area contributed by atoms with Crippen molar-refractivity contribution < 1.29 is 14.7 Å². The van der Waals surface area contributed by atoms with Gasteiger partial charge in [-0.15, -0.1) is 0 Å². The van der Waals surface area contributed by atoms with Crippen LogP contribution in [-0.2, 0) is 9.59 Å². The molecule has 4 aromatic rings. The van der Waals surface area contributed by atoms with E-state index in [1.807, 2.05) is 58.0 Å². The number of aliphatic hydroxyl groups excluding tert-OH is 1. The van der Waals surface area contributed by atoms with Crippen LogP contribution in [0.1, 0.15) is 143 Å². The molecule has 0 bridgehead atoms. The van der Waals surface area contributed by atoms with Crippen molar-refractivity contribution in [1.82, 2.24) is 19.1 Å². The highest BCUT2D eigenvalue weighted by Crippen LogP contribution is 2.39. The molecule has 2 amide bonds. The number of anilines is 2. The first-order chi connectivity index (χ1) is 22.7. The van der Waals surface area contributed by atoms with Crippen LogP contribution in [0.4, 0.5) is 11.9 Å². The van der Waals surface area contributed by atoms with Crippen molar-refractivity contribution in [3.63, 3.8) is 0 Å². The zero-order valence-electron chi connectivity index (χ0n) is 29.6. The van der Waals surface area contributed by atoms with E-state index in [2.05, 4.69) is 56.6 Å². The van der Waals surface area contributed by atoms with Gasteiger partial charge in [0.2, 0.25) is 23.7 Å². The molecular formula is C39H55N7O3. The zero-order valence-corrected chi connectivity index (χ0v) is 29.6. The number of rotatable bonds is 8. The monoisotopic (exact) mass is 669 g/mol. The van der Waals surface area contributed by atoms with Gasteiger partial charge in [0.15, 0.2) is 0 Å². The van der Waals surface area contributed by atoms with Gasteiger partial charge in [-0.25, -0.2) is 9.97 Å². The Labute approximate surface area is 291 Å². The molecule has 2 aromatic heterocycles. The summed E-state index contributed by atoms with van der Waals surface area (Å²) in [5.41, 5.74) is 5.02. The normalized spacial score (nSPS) is 15.7. The van der Waals surface area contributed by atoms with Crippen LogP contribution in [-0.4, -0.2) is 36.0 Å². The Morgan fingerprint density at radius 2 is 1.29 bits per heavy atom. The summed E-state index contributed by atoms with van der Waals surface area (Å²) in [6.07, 6.45) is 7.91. The lowest BCUT2D eigenvalue weighted by molar-refractivity contribution is -0.118. The zero-order chi connectivity index (χ0) is 34.8. The predicted molar refractivity (Wildman–Crippen MR) is 197 cm³/mol. The molecule has 6 rings (SSSR count). The number of fused-ring (bicyclic) bond motifs is 2. The van der Waals surface area contributed by atoms with Crippen LogP contribution in [0.2, 0.25) is 0 Å². The number of carbonyl (C=O) groups is 2. The van der Waals surface area contributed by atoms with Gasteiger partial charge in [-0.3, -0.25) is 20.2 Å². The smallest absolute Gasteiger partial charge is 0.227 e. The maximum atomic E-state index is 12.4. The third-order valence-electron chi connectivity index (χ3n) is 9.07. The molecule has 2 heterocycles. The highest BCUT2D eigenvalue weighted by molar-refractivity contribution is 5.93. The lowest BCUT2D eigenvalue weighted by Crippen LogP contribution is -2.24. The number of nitriles is 1. The van der Waals surface area contributed by atoms with E-state index < -0.39 is 6.10 Å². The Morgan fingerprint density at radius 3 is 1.67 bits per heavy atom. The van der Waals surface area contributed by atoms with Crippen molar-refractivity contribution in [3.05, 3.63) is 47.5 Å². The average Bonchev–Trinajstić information content (AvgIpc) is 3.45. The molecule has 1 unspecified atom stereocenters. The summed E-state index contributed by atoms with van der Waals surface area (Å²) in [6, 6.07) is 14.3. The molecule has 3 N–H and O–H groups in total. The van der Waals surface area contributed by atoms with Crippen LogP contribution in [0, 0.1) is 22.2 Å². The molecule has 2 aromatic carbocycles. The van der Waals surface area contributed by atoms with Crippen LogP contribution in [0.3, 0.4) is 0 Å². The molecule has 0 spiro atoms. The van der Waals surface area contributed by atoms with Gasteiger partial charge < -0.3 is 14.2 Å². The summed E-state index contributed by atoms with van der Waals surface area (Å²) in [4.78, 5) is 33.9. The number of aromatic nitrogens is 4. The van der Waals surface area contributed by atoms with Crippen LogP contribution in [0.5, 0.6) is 0 Å². The number of nitrogens with one attached hydrogen (secondary N) is 2. The minimum atomic E-state index is -0.465. The molecule has 2 aliphatic rings. The van der Waals surface area contributed by atoms with Crippen LogP contribution >= 0.6 is 0 Å². The van der Waals surface area contributed by atoms with Crippen molar-refractivity contribution in [3.8, 4) is 6.07 Å². The topological polar surface area (TPSA) is 138 Å². The summed E-state index contributed by atoms with van der Waals surface area (Å²) in [5, 5.41) is 25.3. The second-order valence-electron chi connectivity index (χ2n) is 15.8. The van der Waals surface area contributed by atoms with Crippen LogP contribution < -0.4 is 10.6 Å². The second kappa shape index (κ2) is 15.1. The average molecular weight is 670 g/mol. The molecule has 2 saturated carbocycles.